The van der Waals surface area contributed by atoms with E-state index in [-0.39, 0.29) is 0 Å². The molecule has 16 heavy (non-hydrogen) atoms. The van der Waals surface area contributed by atoms with Crippen molar-refractivity contribution in [3.8, 4) is 0 Å². The lowest BCUT2D eigenvalue weighted by molar-refractivity contribution is -0.0263. The van der Waals surface area contributed by atoms with Gasteiger partial charge in [0, 0.05) is 32.2 Å². The lowest BCUT2D eigenvalue weighted by Crippen LogP contribution is -2.48. The second kappa shape index (κ2) is 7.22. The number of nitrogens with zero attached hydrogens (tertiary/aromatic N) is 2. The topological polar surface area (TPSA) is 27.7 Å². The van der Waals surface area contributed by atoms with Gasteiger partial charge in [0.15, 0.2) is 0 Å². The Morgan fingerprint density at radius 2 is 2.25 bits per heavy atom. The Morgan fingerprint density at radius 3 is 2.88 bits per heavy atom. The summed E-state index contributed by atoms with van der Waals surface area (Å²) in [7, 11) is 4.21. The number of nitrogens with one attached hydrogen (secondary N) is 1. The van der Waals surface area contributed by atoms with E-state index in [9.17, 15) is 0 Å². The number of rotatable bonds is 6. The average Bonchev–Trinajstić information content (AvgIpc) is 2.26. The Balaban J connectivity index is 2.16. The van der Waals surface area contributed by atoms with Crippen molar-refractivity contribution in [1.29, 1.82) is 0 Å². The first-order valence-electron chi connectivity index (χ1n) is 6.34. The van der Waals surface area contributed by atoms with Gasteiger partial charge in [0.05, 0.1) is 12.7 Å². The van der Waals surface area contributed by atoms with Crippen molar-refractivity contribution >= 4 is 0 Å². The van der Waals surface area contributed by atoms with Gasteiger partial charge in [-0.25, -0.2) is 0 Å². The van der Waals surface area contributed by atoms with Crippen molar-refractivity contribution in [3.05, 3.63) is 0 Å². The van der Waals surface area contributed by atoms with Crippen LogP contribution in [0, 0.1) is 0 Å². The molecule has 0 amide bonds. The molecule has 1 N–H and O–H groups in total. The summed E-state index contributed by atoms with van der Waals surface area (Å²) < 4.78 is 5.75. The van der Waals surface area contributed by atoms with Gasteiger partial charge >= 0.3 is 0 Å². The largest absolute Gasteiger partial charge is 0.374 e. The summed E-state index contributed by atoms with van der Waals surface area (Å²) in [5.41, 5.74) is 0. The van der Waals surface area contributed by atoms with Crippen LogP contribution >= 0.6 is 0 Å². The van der Waals surface area contributed by atoms with Gasteiger partial charge in [0.1, 0.15) is 0 Å². The maximum Gasteiger partial charge on any atom is 0.0826 e. The molecule has 0 saturated carbocycles. The quantitative estimate of drug-likeness (QED) is 0.706. The Labute approximate surface area is 99.9 Å². The van der Waals surface area contributed by atoms with E-state index in [0.29, 0.717) is 12.1 Å². The Kier molecular flexibility index (Phi) is 6.28. The van der Waals surface area contributed by atoms with Crippen molar-refractivity contribution in [2.45, 2.75) is 26.0 Å². The molecular formula is C12H27N3O. The van der Waals surface area contributed by atoms with Crippen LogP contribution in [0.15, 0.2) is 0 Å². The second-order valence-corrected chi connectivity index (χ2v) is 4.96. The van der Waals surface area contributed by atoms with E-state index in [1.54, 1.807) is 0 Å². The molecule has 0 bridgehead atoms. The molecule has 0 aromatic rings. The molecule has 4 nitrogen and oxygen atoms in total. The van der Waals surface area contributed by atoms with E-state index in [1.165, 1.54) is 0 Å². The van der Waals surface area contributed by atoms with E-state index < -0.39 is 0 Å². The molecular weight excluding hydrogens is 202 g/mol. The van der Waals surface area contributed by atoms with Gasteiger partial charge in [0.2, 0.25) is 0 Å². The van der Waals surface area contributed by atoms with Gasteiger partial charge in [-0.1, -0.05) is 6.92 Å². The molecule has 1 heterocycles. The fraction of sp³-hybridized carbons (Fsp3) is 1.00. The number of morpholine rings is 1. The summed E-state index contributed by atoms with van der Waals surface area (Å²) in [5.74, 6) is 0. The van der Waals surface area contributed by atoms with E-state index in [0.717, 1.165) is 39.3 Å². The molecule has 1 aliphatic rings. The predicted molar refractivity (Wildman–Crippen MR) is 67.9 cm³/mol. The highest BCUT2D eigenvalue weighted by Gasteiger charge is 2.19. The SMILES string of the molecule is CCN1CCOC(CNC(C)CN(C)C)C1. The van der Waals surface area contributed by atoms with E-state index in [4.69, 9.17) is 4.74 Å². The minimum atomic E-state index is 0.360. The molecule has 0 aromatic carbocycles. The number of likely N-dealkylation sites (N-methyl/N-ethyl adjacent to an activating group) is 2. The molecule has 0 radical (unpaired) electrons. The summed E-state index contributed by atoms with van der Waals surface area (Å²) in [6.45, 7) is 10.6. The van der Waals surface area contributed by atoms with E-state index >= 15 is 0 Å². The standard InChI is InChI=1S/C12H27N3O/c1-5-15-6-7-16-12(10-15)8-13-11(2)9-14(3)4/h11-13H,5-10H2,1-4H3. The van der Waals surface area contributed by atoms with Gasteiger partial charge in [-0.3, -0.25) is 4.90 Å². The number of hydrogen-bond donors (Lipinski definition) is 1. The van der Waals surface area contributed by atoms with Crippen LogP contribution in [0.1, 0.15) is 13.8 Å². The zero-order valence-electron chi connectivity index (χ0n) is 11.2. The first kappa shape index (κ1) is 13.9. The zero-order chi connectivity index (χ0) is 12.0. The van der Waals surface area contributed by atoms with Gasteiger partial charge in [-0.05, 0) is 27.6 Å². The third-order valence-electron chi connectivity index (χ3n) is 3.00. The lowest BCUT2D eigenvalue weighted by atomic mass is 10.2. The van der Waals surface area contributed by atoms with Crippen LogP contribution < -0.4 is 5.32 Å². The van der Waals surface area contributed by atoms with Crippen molar-refractivity contribution in [2.24, 2.45) is 0 Å². The summed E-state index contributed by atoms with van der Waals surface area (Å²) in [6.07, 6.45) is 0.360. The van der Waals surface area contributed by atoms with Crippen molar-refractivity contribution in [2.75, 3.05) is 53.4 Å². The van der Waals surface area contributed by atoms with Crippen LogP contribution in [0.3, 0.4) is 0 Å². The Bertz CT molecular complexity index is 187. The van der Waals surface area contributed by atoms with Gasteiger partial charge in [-0.2, -0.15) is 0 Å². The molecule has 1 aliphatic heterocycles. The predicted octanol–water partition coefficient (Wildman–Crippen LogP) is 0.247. The van der Waals surface area contributed by atoms with Crippen molar-refractivity contribution in [1.82, 2.24) is 15.1 Å². The molecule has 0 aromatic heterocycles. The summed E-state index contributed by atoms with van der Waals surface area (Å²) in [6, 6.07) is 0.524. The number of ether oxygens (including phenoxy) is 1. The normalized spacial score (nSPS) is 24.9. The summed E-state index contributed by atoms with van der Waals surface area (Å²) in [4.78, 5) is 4.66. The first-order valence-corrected chi connectivity index (χ1v) is 6.34. The first-order chi connectivity index (χ1) is 7.61. The highest BCUT2D eigenvalue weighted by atomic mass is 16.5. The molecule has 1 fully saturated rings. The molecule has 2 atom stereocenters. The fourth-order valence-corrected chi connectivity index (χ4v) is 2.14. The van der Waals surface area contributed by atoms with Crippen LogP contribution in [-0.2, 0) is 4.74 Å². The second-order valence-electron chi connectivity index (χ2n) is 4.96. The van der Waals surface area contributed by atoms with Crippen LogP contribution in [0.5, 0.6) is 0 Å². The van der Waals surface area contributed by atoms with Crippen LogP contribution in [0.25, 0.3) is 0 Å². The fourth-order valence-electron chi connectivity index (χ4n) is 2.14. The molecule has 1 rings (SSSR count). The maximum absolute atomic E-state index is 5.75. The Morgan fingerprint density at radius 1 is 1.50 bits per heavy atom. The lowest BCUT2D eigenvalue weighted by Gasteiger charge is -2.33. The van der Waals surface area contributed by atoms with Crippen molar-refractivity contribution in [3.63, 3.8) is 0 Å². The van der Waals surface area contributed by atoms with Crippen LogP contribution in [-0.4, -0.2) is 75.4 Å². The minimum Gasteiger partial charge on any atom is -0.374 e. The Hall–Kier alpha value is -0.160. The molecule has 0 spiro atoms. The van der Waals surface area contributed by atoms with Gasteiger partial charge in [-0.15, -0.1) is 0 Å². The summed E-state index contributed by atoms with van der Waals surface area (Å²) >= 11 is 0. The summed E-state index contributed by atoms with van der Waals surface area (Å²) in [5, 5.41) is 3.53. The highest BCUT2D eigenvalue weighted by molar-refractivity contribution is 4.74. The van der Waals surface area contributed by atoms with Crippen LogP contribution in [0.4, 0.5) is 0 Å². The van der Waals surface area contributed by atoms with Gasteiger partial charge in [0.25, 0.3) is 0 Å². The average molecular weight is 229 g/mol. The molecule has 1 saturated heterocycles. The molecule has 96 valence electrons. The third-order valence-corrected chi connectivity index (χ3v) is 3.00. The monoisotopic (exact) mass is 229 g/mol. The van der Waals surface area contributed by atoms with E-state index in [2.05, 4.69) is 43.1 Å². The molecule has 2 unspecified atom stereocenters. The van der Waals surface area contributed by atoms with E-state index in [1.807, 2.05) is 0 Å². The zero-order valence-corrected chi connectivity index (χ0v) is 11.2. The maximum atomic E-state index is 5.75. The van der Waals surface area contributed by atoms with Crippen molar-refractivity contribution < 1.29 is 4.74 Å². The number of hydrogen-bond acceptors (Lipinski definition) is 4. The van der Waals surface area contributed by atoms with Gasteiger partial charge < -0.3 is 15.0 Å². The highest BCUT2D eigenvalue weighted by Crippen LogP contribution is 2.03. The molecule has 0 aliphatic carbocycles. The van der Waals surface area contributed by atoms with Crippen LogP contribution in [0.2, 0.25) is 0 Å². The smallest absolute Gasteiger partial charge is 0.0826 e. The minimum absolute atomic E-state index is 0.360. The third kappa shape index (κ3) is 5.25. The molecule has 4 heteroatoms.